The normalized spacial score (nSPS) is 24.5. The number of aromatic nitrogens is 1. The van der Waals surface area contributed by atoms with Gasteiger partial charge in [-0.1, -0.05) is 84.9 Å². The minimum Gasteiger partial charge on any atom is -0.340 e. The SMILES string of the molecule is C=C[C@H]1CN2CC[C@H]1C[C@@H]2[C@H](OP(c1ccccc1)c1ccccc1)c1ccnc2ccccc12. The van der Waals surface area contributed by atoms with Crippen molar-refractivity contribution in [3.05, 3.63) is 115 Å². The molecule has 0 spiro atoms. The van der Waals surface area contributed by atoms with Crippen LogP contribution >= 0.6 is 8.15 Å². The van der Waals surface area contributed by atoms with Gasteiger partial charge in [-0.15, -0.1) is 6.58 Å². The van der Waals surface area contributed by atoms with Crippen LogP contribution in [0.5, 0.6) is 0 Å². The number of benzene rings is 3. The second-order valence-electron chi connectivity index (χ2n) is 9.66. The molecule has 3 aliphatic heterocycles. The molecule has 2 bridgehead atoms. The van der Waals surface area contributed by atoms with E-state index in [1.165, 1.54) is 28.0 Å². The van der Waals surface area contributed by atoms with Crippen molar-refractivity contribution in [1.29, 1.82) is 0 Å². The molecule has 7 rings (SSSR count). The van der Waals surface area contributed by atoms with Crippen LogP contribution < -0.4 is 10.6 Å². The van der Waals surface area contributed by atoms with E-state index in [2.05, 4.69) is 114 Å². The van der Waals surface area contributed by atoms with Crippen LogP contribution in [0, 0.1) is 11.8 Å². The summed E-state index contributed by atoms with van der Waals surface area (Å²) < 4.78 is 7.35. The summed E-state index contributed by atoms with van der Waals surface area (Å²) in [6, 6.07) is 32.5. The highest BCUT2D eigenvalue weighted by atomic mass is 31.1. The summed E-state index contributed by atoms with van der Waals surface area (Å²) in [5.74, 6) is 1.26. The topological polar surface area (TPSA) is 25.4 Å². The molecule has 1 unspecified atom stereocenters. The summed E-state index contributed by atoms with van der Waals surface area (Å²) in [7, 11) is -0.985. The fourth-order valence-corrected chi connectivity index (χ4v) is 7.81. The third-order valence-electron chi connectivity index (χ3n) is 7.69. The lowest BCUT2D eigenvalue weighted by atomic mass is 9.73. The first-order valence-electron chi connectivity index (χ1n) is 12.6. The lowest BCUT2D eigenvalue weighted by Crippen LogP contribution is -2.55. The smallest absolute Gasteiger partial charge is 0.104 e. The number of piperidine rings is 3. The second kappa shape index (κ2) is 10.0. The Kier molecular flexibility index (Phi) is 6.48. The van der Waals surface area contributed by atoms with Crippen LogP contribution in [0.2, 0.25) is 0 Å². The summed E-state index contributed by atoms with van der Waals surface area (Å²) in [6.07, 6.45) is 6.48. The molecule has 5 atom stereocenters. The van der Waals surface area contributed by atoms with Crippen LogP contribution in [-0.4, -0.2) is 29.0 Å². The Labute approximate surface area is 209 Å². The van der Waals surface area contributed by atoms with E-state index in [-0.39, 0.29) is 6.10 Å². The van der Waals surface area contributed by atoms with Crippen molar-refractivity contribution in [2.24, 2.45) is 11.8 Å². The van der Waals surface area contributed by atoms with E-state index in [0.29, 0.717) is 17.9 Å². The lowest BCUT2D eigenvalue weighted by molar-refractivity contribution is -0.0320. The van der Waals surface area contributed by atoms with Crippen LogP contribution in [-0.2, 0) is 4.52 Å². The number of hydrogen-bond acceptors (Lipinski definition) is 3. The van der Waals surface area contributed by atoms with Crippen molar-refractivity contribution < 1.29 is 4.52 Å². The fourth-order valence-electron chi connectivity index (χ4n) is 5.90. The number of para-hydroxylation sites is 1. The van der Waals surface area contributed by atoms with Crippen molar-refractivity contribution in [3.8, 4) is 0 Å². The average Bonchev–Trinajstić information content (AvgIpc) is 2.94. The van der Waals surface area contributed by atoms with Crippen molar-refractivity contribution in [2.75, 3.05) is 13.1 Å². The van der Waals surface area contributed by atoms with Gasteiger partial charge in [-0.3, -0.25) is 9.88 Å². The first-order valence-corrected chi connectivity index (χ1v) is 13.8. The van der Waals surface area contributed by atoms with Gasteiger partial charge in [0.05, 0.1) is 13.7 Å². The molecule has 3 nitrogen and oxygen atoms in total. The third kappa shape index (κ3) is 4.45. The monoisotopic (exact) mass is 478 g/mol. The van der Waals surface area contributed by atoms with Crippen LogP contribution in [0.25, 0.3) is 10.9 Å². The molecule has 3 aromatic carbocycles. The number of fused-ring (bicyclic) bond motifs is 4. The van der Waals surface area contributed by atoms with Gasteiger partial charge in [-0.05, 0) is 48.9 Å². The van der Waals surface area contributed by atoms with Gasteiger partial charge in [-0.2, -0.15) is 0 Å². The highest BCUT2D eigenvalue weighted by Crippen LogP contribution is 2.49. The fraction of sp³-hybridized carbons (Fsp3) is 0.258. The maximum Gasteiger partial charge on any atom is 0.104 e. The molecule has 1 aromatic heterocycles. The Morgan fingerprint density at radius 1 is 0.914 bits per heavy atom. The van der Waals surface area contributed by atoms with Crippen molar-refractivity contribution in [3.63, 3.8) is 0 Å². The van der Waals surface area contributed by atoms with Gasteiger partial charge >= 0.3 is 0 Å². The Morgan fingerprint density at radius 2 is 1.60 bits per heavy atom. The molecule has 0 N–H and O–H groups in total. The summed E-state index contributed by atoms with van der Waals surface area (Å²) in [5, 5.41) is 3.69. The zero-order valence-electron chi connectivity index (χ0n) is 19.9. The molecule has 4 heterocycles. The van der Waals surface area contributed by atoms with E-state index < -0.39 is 8.15 Å². The minimum absolute atomic E-state index is 0.0389. The molecule has 3 fully saturated rings. The summed E-state index contributed by atoms with van der Waals surface area (Å²) in [5.41, 5.74) is 2.28. The third-order valence-corrected chi connectivity index (χ3v) is 9.67. The highest BCUT2D eigenvalue weighted by molar-refractivity contribution is 7.68. The van der Waals surface area contributed by atoms with Crippen LogP contribution in [0.3, 0.4) is 0 Å². The molecule has 176 valence electrons. The Bertz CT molecular complexity index is 1250. The number of hydrogen-bond donors (Lipinski definition) is 0. The molecule has 4 heteroatoms. The van der Waals surface area contributed by atoms with Gasteiger partial charge in [0, 0.05) is 34.8 Å². The first-order chi connectivity index (χ1) is 17.3. The molecular formula is C31H31N2OP. The number of pyridine rings is 1. The summed E-state index contributed by atoms with van der Waals surface area (Å²) in [6.45, 7) is 6.35. The molecule has 0 radical (unpaired) electrons. The van der Waals surface area contributed by atoms with E-state index in [0.717, 1.165) is 25.0 Å². The molecule has 35 heavy (non-hydrogen) atoms. The van der Waals surface area contributed by atoms with E-state index in [1.807, 2.05) is 6.20 Å². The van der Waals surface area contributed by atoms with E-state index in [9.17, 15) is 0 Å². The standard InChI is InChI=1S/C31H31N2OP/c1-2-23-22-33-20-18-24(23)21-30(33)31(28-17-19-32-29-16-10-9-15-27(28)29)34-35(25-11-5-3-6-12-25)26-13-7-4-8-14-26/h2-17,19,23-24,30-31H,1,18,20-22H2/t23-,24-,30+,31+/m0/s1. The number of nitrogens with zero attached hydrogens (tertiary/aromatic N) is 2. The molecular weight excluding hydrogens is 447 g/mol. The average molecular weight is 479 g/mol. The molecule has 4 aromatic rings. The van der Waals surface area contributed by atoms with E-state index in [4.69, 9.17) is 4.52 Å². The maximum atomic E-state index is 7.35. The predicted molar refractivity (Wildman–Crippen MR) is 146 cm³/mol. The van der Waals surface area contributed by atoms with Crippen LogP contribution in [0.1, 0.15) is 24.5 Å². The van der Waals surface area contributed by atoms with Crippen LogP contribution in [0.15, 0.2) is 110 Å². The quantitative estimate of drug-likeness (QED) is 0.232. The molecule has 0 amide bonds. The van der Waals surface area contributed by atoms with Gasteiger partial charge in [0.2, 0.25) is 0 Å². The highest BCUT2D eigenvalue weighted by Gasteiger charge is 2.44. The van der Waals surface area contributed by atoms with Gasteiger partial charge in [0.25, 0.3) is 0 Å². The van der Waals surface area contributed by atoms with Gasteiger partial charge in [0.15, 0.2) is 0 Å². The van der Waals surface area contributed by atoms with Crippen molar-refractivity contribution >= 4 is 29.7 Å². The van der Waals surface area contributed by atoms with Crippen LogP contribution in [0.4, 0.5) is 0 Å². The van der Waals surface area contributed by atoms with Gasteiger partial charge < -0.3 is 4.52 Å². The van der Waals surface area contributed by atoms with E-state index in [1.54, 1.807) is 0 Å². The van der Waals surface area contributed by atoms with Gasteiger partial charge in [-0.25, -0.2) is 0 Å². The molecule has 0 saturated carbocycles. The predicted octanol–water partition coefficient (Wildman–Crippen LogP) is 6.24. The van der Waals surface area contributed by atoms with Crippen molar-refractivity contribution in [2.45, 2.75) is 25.0 Å². The van der Waals surface area contributed by atoms with Crippen molar-refractivity contribution in [1.82, 2.24) is 9.88 Å². The van der Waals surface area contributed by atoms with E-state index >= 15 is 0 Å². The summed E-state index contributed by atoms with van der Waals surface area (Å²) in [4.78, 5) is 7.32. The Morgan fingerprint density at radius 3 is 2.26 bits per heavy atom. The minimum atomic E-state index is -0.985. The zero-order valence-corrected chi connectivity index (χ0v) is 20.8. The Hall–Kier alpha value is -2.84. The molecule has 3 aliphatic rings. The zero-order chi connectivity index (χ0) is 23.6. The Balaban J connectivity index is 1.46. The largest absolute Gasteiger partial charge is 0.340 e. The number of rotatable bonds is 7. The summed E-state index contributed by atoms with van der Waals surface area (Å²) >= 11 is 0. The first kappa shape index (κ1) is 22.6. The second-order valence-corrected chi connectivity index (χ2v) is 11.5. The maximum absolute atomic E-state index is 7.35. The molecule has 0 aliphatic carbocycles. The van der Waals surface area contributed by atoms with Gasteiger partial charge in [0.1, 0.15) is 6.10 Å². The lowest BCUT2D eigenvalue weighted by Gasteiger charge is -2.51. The molecule has 3 saturated heterocycles.